The zero-order chi connectivity index (χ0) is 10.8. The molecule has 1 heterocycles. The number of hydrogen-bond acceptors (Lipinski definition) is 4. The van der Waals surface area contributed by atoms with Crippen LogP contribution in [0, 0.1) is 0 Å². The number of aromatic nitrogens is 2. The monoisotopic (exact) mass is 258 g/mol. The van der Waals surface area contributed by atoms with E-state index >= 15 is 0 Å². The van der Waals surface area contributed by atoms with Gasteiger partial charge in [-0.2, -0.15) is 4.98 Å². The third-order valence-corrected chi connectivity index (χ3v) is 2.46. The van der Waals surface area contributed by atoms with Gasteiger partial charge in [-0.3, -0.25) is 0 Å². The Labute approximate surface area is 92.5 Å². The summed E-state index contributed by atoms with van der Waals surface area (Å²) in [4.78, 5) is 8.27. The van der Waals surface area contributed by atoms with Crippen molar-refractivity contribution >= 4 is 27.7 Å². The highest BCUT2D eigenvalue weighted by Crippen LogP contribution is 2.17. The van der Waals surface area contributed by atoms with Gasteiger partial charge in [-0.15, -0.1) is 0 Å². The first kappa shape index (κ1) is 11.2. The van der Waals surface area contributed by atoms with E-state index in [1.54, 1.807) is 6.07 Å². The largest absolute Gasteiger partial charge is 0.383 e. The second-order valence-electron chi connectivity index (χ2n) is 3.80. The molecule has 4 nitrogen and oxygen atoms in total. The van der Waals surface area contributed by atoms with Crippen molar-refractivity contribution in [1.29, 1.82) is 0 Å². The molecular weight excluding hydrogens is 244 g/mol. The van der Waals surface area contributed by atoms with Crippen molar-refractivity contribution in [2.24, 2.45) is 0 Å². The number of nitrogens with zero attached hydrogens (tertiary/aromatic N) is 2. The van der Waals surface area contributed by atoms with Crippen LogP contribution in [0.5, 0.6) is 0 Å². The molecule has 1 aromatic heterocycles. The van der Waals surface area contributed by atoms with Gasteiger partial charge in [-0.1, -0.05) is 6.92 Å². The first-order valence-electron chi connectivity index (χ1n) is 4.51. The summed E-state index contributed by atoms with van der Waals surface area (Å²) in [6.45, 7) is 6.29. The second-order valence-corrected chi connectivity index (χ2v) is 4.61. The van der Waals surface area contributed by atoms with Crippen molar-refractivity contribution in [2.75, 3.05) is 11.1 Å². The van der Waals surface area contributed by atoms with Crippen LogP contribution in [0.1, 0.15) is 27.2 Å². The lowest BCUT2D eigenvalue weighted by Gasteiger charge is -2.24. The fraction of sp³-hybridized carbons (Fsp3) is 0.556. The predicted octanol–water partition coefficient (Wildman–Crippen LogP) is 2.42. The van der Waals surface area contributed by atoms with E-state index in [0.29, 0.717) is 16.4 Å². The molecule has 0 aromatic carbocycles. The summed E-state index contributed by atoms with van der Waals surface area (Å²) in [7, 11) is 0. The van der Waals surface area contributed by atoms with E-state index in [-0.39, 0.29) is 5.54 Å². The number of anilines is 2. The second kappa shape index (κ2) is 4.13. The fourth-order valence-electron chi connectivity index (χ4n) is 0.882. The van der Waals surface area contributed by atoms with Gasteiger partial charge in [0.25, 0.3) is 0 Å². The molecule has 78 valence electrons. The van der Waals surface area contributed by atoms with E-state index in [1.807, 2.05) is 0 Å². The third kappa shape index (κ3) is 3.14. The molecule has 0 saturated carbocycles. The minimum atomic E-state index is -0.0206. The zero-order valence-electron chi connectivity index (χ0n) is 8.63. The van der Waals surface area contributed by atoms with Crippen LogP contribution in [0.3, 0.4) is 0 Å². The molecule has 0 saturated heterocycles. The number of hydrogen-bond donors (Lipinski definition) is 2. The van der Waals surface area contributed by atoms with Crippen molar-refractivity contribution in [3.05, 3.63) is 10.7 Å². The van der Waals surface area contributed by atoms with Crippen molar-refractivity contribution in [3.8, 4) is 0 Å². The van der Waals surface area contributed by atoms with Crippen LogP contribution in [0.2, 0.25) is 0 Å². The zero-order valence-corrected chi connectivity index (χ0v) is 10.2. The maximum Gasteiger partial charge on any atom is 0.226 e. The SMILES string of the molecule is CCC(C)(C)Nc1nc(N)cc(Br)n1. The number of halogens is 1. The number of nitrogens with one attached hydrogen (secondary N) is 1. The maximum absolute atomic E-state index is 5.60. The smallest absolute Gasteiger partial charge is 0.226 e. The highest BCUT2D eigenvalue weighted by molar-refractivity contribution is 9.10. The molecule has 3 N–H and O–H groups in total. The Balaban J connectivity index is 2.87. The van der Waals surface area contributed by atoms with Gasteiger partial charge in [-0.25, -0.2) is 4.98 Å². The fourth-order valence-corrected chi connectivity index (χ4v) is 1.28. The van der Waals surface area contributed by atoms with E-state index in [0.717, 1.165) is 6.42 Å². The van der Waals surface area contributed by atoms with Gasteiger partial charge in [0.15, 0.2) is 0 Å². The van der Waals surface area contributed by atoms with Crippen molar-refractivity contribution < 1.29 is 0 Å². The van der Waals surface area contributed by atoms with Crippen LogP contribution in [-0.2, 0) is 0 Å². The maximum atomic E-state index is 5.60. The number of nitrogen functional groups attached to an aromatic ring is 1. The molecule has 0 radical (unpaired) electrons. The van der Waals surface area contributed by atoms with Gasteiger partial charge in [0.2, 0.25) is 5.95 Å². The van der Waals surface area contributed by atoms with Crippen molar-refractivity contribution in [1.82, 2.24) is 9.97 Å². The van der Waals surface area contributed by atoms with Crippen molar-refractivity contribution in [2.45, 2.75) is 32.7 Å². The molecule has 0 aliphatic heterocycles. The molecule has 0 bridgehead atoms. The predicted molar refractivity (Wildman–Crippen MR) is 62.1 cm³/mol. The lowest BCUT2D eigenvalue weighted by atomic mass is 10.0. The number of rotatable bonds is 3. The summed E-state index contributed by atoms with van der Waals surface area (Å²) in [5.41, 5.74) is 5.58. The summed E-state index contributed by atoms with van der Waals surface area (Å²) in [6, 6.07) is 1.67. The Morgan fingerprint density at radius 2 is 2.14 bits per heavy atom. The topological polar surface area (TPSA) is 63.8 Å². The van der Waals surface area contributed by atoms with Crippen LogP contribution in [-0.4, -0.2) is 15.5 Å². The van der Waals surface area contributed by atoms with Gasteiger partial charge in [-0.05, 0) is 36.2 Å². The van der Waals surface area contributed by atoms with Crippen molar-refractivity contribution in [3.63, 3.8) is 0 Å². The van der Waals surface area contributed by atoms with E-state index < -0.39 is 0 Å². The van der Waals surface area contributed by atoms with E-state index in [2.05, 4.69) is 52.0 Å². The Morgan fingerprint density at radius 3 is 2.64 bits per heavy atom. The van der Waals surface area contributed by atoms with Crippen LogP contribution >= 0.6 is 15.9 Å². The normalized spacial score (nSPS) is 11.4. The van der Waals surface area contributed by atoms with E-state index in [9.17, 15) is 0 Å². The Bertz CT molecular complexity index is 304. The highest BCUT2D eigenvalue weighted by Gasteiger charge is 2.16. The lowest BCUT2D eigenvalue weighted by molar-refractivity contribution is 0.542. The number of nitrogens with two attached hydrogens (primary N) is 1. The molecule has 1 aromatic rings. The van der Waals surface area contributed by atoms with E-state index in [1.165, 1.54) is 0 Å². The molecule has 5 heteroatoms. The Hall–Kier alpha value is -0.840. The molecular formula is C9H15BrN4. The average Bonchev–Trinajstić information content (AvgIpc) is 2.01. The molecule has 1 rings (SSSR count). The summed E-state index contributed by atoms with van der Waals surface area (Å²) in [5, 5.41) is 3.22. The Morgan fingerprint density at radius 1 is 1.50 bits per heavy atom. The summed E-state index contributed by atoms with van der Waals surface area (Å²) < 4.78 is 0.694. The summed E-state index contributed by atoms with van der Waals surface area (Å²) in [6.07, 6.45) is 0.989. The first-order chi connectivity index (χ1) is 6.43. The molecule has 0 atom stereocenters. The minimum absolute atomic E-state index is 0.0206. The van der Waals surface area contributed by atoms with Gasteiger partial charge >= 0.3 is 0 Å². The van der Waals surface area contributed by atoms with Gasteiger partial charge < -0.3 is 11.1 Å². The molecule has 0 aliphatic rings. The average molecular weight is 259 g/mol. The molecule has 0 aliphatic carbocycles. The highest BCUT2D eigenvalue weighted by atomic mass is 79.9. The lowest BCUT2D eigenvalue weighted by Crippen LogP contribution is -2.30. The third-order valence-electron chi connectivity index (χ3n) is 2.05. The van der Waals surface area contributed by atoms with Crippen LogP contribution in [0.15, 0.2) is 10.7 Å². The van der Waals surface area contributed by atoms with Crippen LogP contribution < -0.4 is 11.1 Å². The molecule has 14 heavy (non-hydrogen) atoms. The Kier molecular flexibility index (Phi) is 3.31. The minimum Gasteiger partial charge on any atom is -0.383 e. The van der Waals surface area contributed by atoms with E-state index in [4.69, 9.17) is 5.73 Å². The molecule has 0 fully saturated rings. The standard InChI is InChI=1S/C9H15BrN4/c1-4-9(2,3)14-8-12-6(10)5-7(11)13-8/h5H,4H2,1-3H3,(H3,11,12,13,14). The quantitative estimate of drug-likeness (QED) is 0.818. The first-order valence-corrected chi connectivity index (χ1v) is 5.30. The molecule has 0 amide bonds. The van der Waals surface area contributed by atoms with Crippen LogP contribution in [0.4, 0.5) is 11.8 Å². The summed E-state index contributed by atoms with van der Waals surface area (Å²) in [5.74, 6) is 1.02. The van der Waals surface area contributed by atoms with Gasteiger partial charge in [0.05, 0.1) is 0 Å². The van der Waals surface area contributed by atoms with Crippen LogP contribution in [0.25, 0.3) is 0 Å². The van der Waals surface area contributed by atoms with Gasteiger partial charge in [0.1, 0.15) is 10.4 Å². The molecule has 0 unspecified atom stereocenters. The molecule has 0 spiro atoms. The summed E-state index contributed by atoms with van der Waals surface area (Å²) >= 11 is 3.27. The van der Waals surface area contributed by atoms with Gasteiger partial charge in [0, 0.05) is 11.6 Å².